The fourth-order valence-electron chi connectivity index (χ4n) is 1.22. The molecule has 0 aromatic heterocycles. The summed E-state index contributed by atoms with van der Waals surface area (Å²) < 4.78 is 25.9. The van der Waals surface area contributed by atoms with Crippen molar-refractivity contribution in [2.75, 3.05) is 6.54 Å². The highest BCUT2D eigenvalue weighted by atomic mass is 19.3. The van der Waals surface area contributed by atoms with Crippen LogP contribution in [0.1, 0.15) is 25.0 Å². The Hall–Kier alpha value is -0.960. The summed E-state index contributed by atoms with van der Waals surface area (Å²) in [5.41, 5.74) is 0.971. The first-order valence-electron chi connectivity index (χ1n) is 4.72. The summed E-state index contributed by atoms with van der Waals surface area (Å²) >= 11 is 0. The van der Waals surface area contributed by atoms with Crippen LogP contribution in [0.25, 0.3) is 0 Å². The van der Waals surface area contributed by atoms with E-state index in [-0.39, 0.29) is 5.56 Å². The van der Waals surface area contributed by atoms with Crippen molar-refractivity contribution in [3.63, 3.8) is 0 Å². The normalized spacial score (nSPS) is 11.7. The van der Waals surface area contributed by atoms with Gasteiger partial charge in [0.15, 0.2) is 0 Å². The predicted molar refractivity (Wildman–Crippen MR) is 53.4 cm³/mol. The Labute approximate surface area is 83.1 Å². The molecule has 3 heteroatoms. The van der Waals surface area contributed by atoms with Gasteiger partial charge in [0.25, 0.3) is 5.92 Å². The van der Waals surface area contributed by atoms with Gasteiger partial charge in [-0.3, -0.25) is 0 Å². The van der Waals surface area contributed by atoms with Gasteiger partial charge in [0.2, 0.25) is 0 Å². The van der Waals surface area contributed by atoms with E-state index >= 15 is 0 Å². The second-order valence-corrected chi connectivity index (χ2v) is 3.37. The molecule has 78 valence electrons. The number of halogens is 2. The van der Waals surface area contributed by atoms with Crippen molar-refractivity contribution in [3.8, 4) is 0 Å². The van der Waals surface area contributed by atoms with Gasteiger partial charge >= 0.3 is 0 Å². The minimum atomic E-state index is -2.75. The molecule has 1 rings (SSSR count). The van der Waals surface area contributed by atoms with E-state index in [0.717, 1.165) is 19.0 Å². The van der Waals surface area contributed by atoms with E-state index in [1.165, 1.54) is 6.07 Å². The van der Waals surface area contributed by atoms with Crippen LogP contribution in [-0.2, 0) is 12.5 Å². The lowest BCUT2D eigenvalue weighted by Crippen LogP contribution is -2.13. The van der Waals surface area contributed by atoms with E-state index in [0.29, 0.717) is 6.54 Å². The first kappa shape index (κ1) is 11.1. The van der Waals surface area contributed by atoms with Gasteiger partial charge in [-0.05, 0) is 18.2 Å². The SMILES string of the molecule is CCNCc1cccc(C(C)(F)F)c1. The maximum atomic E-state index is 12.9. The third kappa shape index (κ3) is 3.07. The Kier molecular flexibility index (Phi) is 3.58. The van der Waals surface area contributed by atoms with Crippen molar-refractivity contribution in [2.24, 2.45) is 0 Å². The zero-order valence-electron chi connectivity index (χ0n) is 8.48. The van der Waals surface area contributed by atoms with Gasteiger partial charge in [0.1, 0.15) is 0 Å². The summed E-state index contributed by atoms with van der Waals surface area (Å²) in [7, 11) is 0. The predicted octanol–water partition coefficient (Wildman–Crippen LogP) is 2.91. The fraction of sp³-hybridized carbons (Fsp3) is 0.455. The van der Waals surface area contributed by atoms with Crippen LogP contribution in [0.2, 0.25) is 0 Å². The average molecular weight is 199 g/mol. The lowest BCUT2D eigenvalue weighted by molar-refractivity contribution is 0.0174. The minimum Gasteiger partial charge on any atom is -0.313 e. The van der Waals surface area contributed by atoms with Gasteiger partial charge in [-0.1, -0.05) is 25.1 Å². The maximum absolute atomic E-state index is 12.9. The van der Waals surface area contributed by atoms with E-state index in [2.05, 4.69) is 5.32 Å². The molecule has 0 aliphatic heterocycles. The van der Waals surface area contributed by atoms with E-state index in [9.17, 15) is 8.78 Å². The number of hydrogen-bond acceptors (Lipinski definition) is 1. The number of nitrogens with one attached hydrogen (secondary N) is 1. The third-order valence-corrected chi connectivity index (χ3v) is 2.01. The van der Waals surface area contributed by atoms with Gasteiger partial charge in [-0.15, -0.1) is 0 Å². The van der Waals surface area contributed by atoms with Gasteiger partial charge in [0, 0.05) is 19.0 Å². The monoisotopic (exact) mass is 199 g/mol. The van der Waals surface area contributed by atoms with Crippen LogP contribution in [-0.4, -0.2) is 6.54 Å². The lowest BCUT2D eigenvalue weighted by atomic mass is 10.1. The molecule has 0 aliphatic carbocycles. The molecule has 0 amide bonds. The third-order valence-electron chi connectivity index (χ3n) is 2.01. The lowest BCUT2D eigenvalue weighted by Gasteiger charge is -2.11. The van der Waals surface area contributed by atoms with Crippen LogP contribution in [0, 0.1) is 0 Å². The first-order valence-corrected chi connectivity index (χ1v) is 4.72. The topological polar surface area (TPSA) is 12.0 Å². The van der Waals surface area contributed by atoms with Crippen molar-refractivity contribution < 1.29 is 8.78 Å². The second-order valence-electron chi connectivity index (χ2n) is 3.37. The quantitative estimate of drug-likeness (QED) is 0.786. The van der Waals surface area contributed by atoms with Gasteiger partial charge < -0.3 is 5.32 Å². The van der Waals surface area contributed by atoms with Crippen LogP contribution in [0.4, 0.5) is 8.78 Å². The zero-order valence-corrected chi connectivity index (χ0v) is 8.48. The summed E-state index contributed by atoms with van der Waals surface area (Å²) in [6, 6.07) is 6.51. The van der Waals surface area contributed by atoms with Crippen LogP contribution < -0.4 is 5.32 Å². The molecule has 0 saturated carbocycles. The Morgan fingerprint density at radius 1 is 1.36 bits per heavy atom. The van der Waals surface area contributed by atoms with E-state index in [4.69, 9.17) is 0 Å². The highest BCUT2D eigenvalue weighted by molar-refractivity contribution is 5.26. The Balaban J connectivity index is 2.79. The van der Waals surface area contributed by atoms with Crippen molar-refractivity contribution in [3.05, 3.63) is 35.4 Å². The largest absolute Gasteiger partial charge is 0.313 e. The standard InChI is InChI=1S/C11H15F2N/c1-3-14-8-9-5-4-6-10(7-9)11(2,12)13/h4-7,14H,3,8H2,1-2H3. The molecular formula is C11H15F2N. The molecule has 0 fully saturated rings. The minimum absolute atomic E-state index is 0.0768. The number of benzene rings is 1. The molecule has 0 saturated heterocycles. The van der Waals surface area contributed by atoms with E-state index in [1.54, 1.807) is 12.1 Å². The smallest absolute Gasteiger partial charge is 0.270 e. The molecule has 0 heterocycles. The van der Waals surface area contributed by atoms with Crippen LogP contribution in [0.5, 0.6) is 0 Å². The second kappa shape index (κ2) is 4.51. The molecule has 0 atom stereocenters. The van der Waals surface area contributed by atoms with Crippen LogP contribution >= 0.6 is 0 Å². The number of alkyl halides is 2. The Bertz CT molecular complexity index is 292. The summed E-state index contributed by atoms with van der Waals surface area (Å²) in [6.07, 6.45) is 0. The van der Waals surface area contributed by atoms with Gasteiger partial charge in [-0.25, -0.2) is 8.78 Å². The molecule has 0 aliphatic rings. The van der Waals surface area contributed by atoms with E-state index < -0.39 is 5.92 Å². The van der Waals surface area contributed by atoms with Crippen molar-refractivity contribution in [2.45, 2.75) is 26.3 Å². The highest BCUT2D eigenvalue weighted by Crippen LogP contribution is 2.27. The van der Waals surface area contributed by atoms with E-state index in [1.807, 2.05) is 13.0 Å². The summed E-state index contributed by atoms with van der Waals surface area (Å²) in [4.78, 5) is 0. The number of rotatable bonds is 4. The number of hydrogen-bond donors (Lipinski definition) is 1. The molecule has 1 nitrogen and oxygen atoms in total. The first-order chi connectivity index (χ1) is 6.54. The Morgan fingerprint density at radius 3 is 2.64 bits per heavy atom. The van der Waals surface area contributed by atoms with Gasteiger partial charge in [-0.2, -0.15) is 0 Å². The molecule has 1 aromatic carbocycles. The summed E-state index contributed by atoms with van der Waals surface area (Å²) in [5.74, 6) is -2.75. The highest BCUT2D eigenvalue weighted by Gasteiger charge is 2.23. The molecule has 1 N–H and O–H groups in total. The summed E-state index contributed by atoms with van der Waals surface area (Å²) in [5, 5.41) is 3.10. The fourth-order valence-corrected chi connectivity index (χ4v) is 1.22. The zero-order chi connectivity index (χ0) is 10.6. The molecule has 0 radical (unpaired) electrons. The van der Waals surface area contributed by atoms with Gasteiger partial charge in [0.05, 0.1) is 0 Å². The van der Waals surface area contributed by atoms with Crippen molar-refractivity contribution in [1.29, 1.82) is 0 Å². The van der Waals surface area contributed by atoms with Crippen LogP contribution in [0.15, 0.2) is 24.3 Å². The molecule has 0 bridgehead atoms. The summed E-state index contributed by atoms with van der Waals surface area (Å²) in [6.45, 7) is 4.38. The maximum Gasteiger partial charge on any atom is 0.270 e. The van der Waals surface area contributed by atoms with Crippen LogP contribution in [0.3, 0.4) is 0 Å². The molecule has 0 spiro atoms. The molecule has 1 aromatic rings. The molecular weight excluding hydrogens is 184 g/mol. The molecule has 0 unspecified atom stereocenters. The van der Waals surface area contributed by atoms with Crippen molar-refractivity contribution >= 4 is 0 Å². The Morgan fingerprint density at radius 2 is 2.07 bits per heavy atom. The van der Waals surface area contributed by atoms with Crippen molar-refractivity contribution in [1.82, 2.24) is 5.32 Å². The average Bonchev–Trinajstić information content (AvgIpc) is 2.14. The molecule has 14 heavy (non-hydrogen) atoms.